The van der Waals surface area contributed by atoms with Gasteiger partial charge in [0.15, 0.2) is 0 Å². The summed E-state index contributed by atoms with van der Waals surface area (Å²) in [5.74, 6) is 0. The zero-order valence-electron chi connectivity index (χ0n) is 40.4. The van der Waals surface area contributed by atoms with E-state index in [1.165, 1.54) is 289 Å². The number of hydrogen-bond donors (Lipinski definition) is 2. The molecule has 0 saturated heterocycles. The molecule has 0 aliphatic rings. The van der Waals surface area contributed by atoms with Crippen LogP contribution in [0.25, 0.3) is 0 Å². The molecule has 0 saturated carbocycles. The SMILES string of the molecule is CCCCCCCCCCCCCCCCC=CN(C=CCCCCCCCCCCCCCCCC)CCCCCCCCCCCCCCCCCCOP(O)O. The van der Waals surface area contributed by atoms with Crippen LogP contribution < -0.4 is 0 Å². The van der Waals surface area contributed by atoms with Gasteiger partial charge in [0.25, 0.3) is 0 Å². The Balaban J connectivity index is 4.06. The van der Waals surface area contributed by atoms with E-state index in [0.717, 1.165) is 12.8 Å². The molecule has 0 fully saturated rings. The van der Waals surface area contributed by atoms with E-state index in [4.69, 9.17) is 14.3 Å². The first-order valence-corrected chi connectivity index (χ1v) is 28.3. The van der Waals surface area contributed by atoms with Crippen LogP contribution in [-0.2, 0) is 4.52 Å². The van der Waals surface area contributed by atoms with Gasteiger partial charge in [-0.1, -0.05) is 283 Å². The minimum atomic E-state index is -2.17. The highest BCUT2D eigenvalue weighted by molar-refractivity contribution is 7.39. The second-order valence-electron chi connectivity index (χ2n) is 18.5. The molecule has 0 radical (unpaired) electrons. The summed E-state index contributed by atoms with van der Waals surface area (Å²) in [6.45, 7) is 6.27. The lowest BCUT2D eigenvalue weighted by Gasteiger charge is -2.15. The Morgan fingerprint density at radius 2 is 0.559 bits per heavy atom. The Morgan fingerprint density at radius 1 is 0.322 bits per heavy atom. The second-order valence-corrected chi connectivity index (χ2v) is 19.3. The summed E-state index contributed by atoms with van der Waals surface area (Å²) >= 11 is 0. The molecule has 352 valence electrons. The van der Waals surface area contributed by atoms with Gasteiger partial charge in [-0.2, -0.15) is 0 Å². The van der Waals surface area contributed by atoms with Gasteiger partial charge < -0.3 is 19.2 Å². The molecule has 0 spiro atoms. The summed E-state index contributed by atoms with van der Waals surface area (Å²) in [7, 11) is -2.17. The average molecular weight is 850 g/mol. The average Bonchev–Trinajstić information content (AvgIpc) is 3.23. The first-order chi connectivity index (χ1) is 29.2. The van der Waals surface area contributed by atoms with E-state index < -0.39 is 8.60 Å². The fourth-order valence-electron chi connectivity index (χ4n) is 8.55. The first kappa shape index (κ1) is 58.6. The second kappa shape index (κ2) is 53.7. The number of nitrogens with zero attached hydrogens (tertiary/aromatic N) is 1. The maximum Gasteiger partial charge on any atom is 0.327 e. The van der Waals surface area contributed by atoms with E-state index in [-0.39, 0.29) is 0 Å². The summed E-state index contributed by atoms with van der Waals surface area (Å²) in [5, 5.41) is 0. The number of hydrogen-bond acceptors (Lipinski definition) is 4. The predicted octanol–water partition coefficient (Wildman–Crippen LogP) is 19.5. The molecule has 0 bridgehead atoms. The van der Waals surface area contributed by atoms with E-state index in [1.807, 2.05) is 0 Å². The number of allylic oxidation sites excluding steroid dienone is 2. The maximum atomic E-state index is 8.76. The molecule has 0 rings (SSSR count). The van der Waals surface area contributed by atoms with Crippen molar-refractivity contribution in [3.05, 3.63) is 24.6 Å². The van der Waals surface area contributed by atoms with Crippen molar-refractivity contribution in [2.24, 2.45) is 0 Å². The number of unbranched alkanes of at least 4 members (excludes halogenated alkanes) is 43. The molecule has 0 heterocycles. The van der Waals surface area contributed by atoms with Crippen molar-refractivity contribution in [2.75, 3.05) is 13.2 Å². The summed E-state index contributed by atoms with van der Waals surface area (Å²) in [5.41, 5.74) is 0. The molecule has 0 aromatic carbocycles. The van der Waals surface area contributed by atoms with Crippen LogP contribution in [0.5, 0.6) is 0 Å². The molecule has 59 heavy (non-hydrogen) atoms. The topological polar surface area (TPSA) is 52.9 Å². The Kier molecular flexibility index (Phi) is 53.4. The predicted molar refractivity (Wildman–Crippen MR) is 266 cm³/mol. The van der Waals surface area contributed by atoms with E-state index in [1.54, 1.807) is 0 Å². The molecule has 0 aromatic heterocycles. The lowest BCUT2D eigenvalue weighted by atomic mass is 10.0. The highest BCUT2D eigenvalue weighted by Crippen LogP contribution is 2.24. The van der Waals surface area contributed by atoms with Crippen LogP contribution in [0.2, 0.25) is 0 Å². The standard InChI is InChI=1S/C54H108NO3P/c1-3-5-7-9-11-13-15-17-19-23-27-31-35-39-43-47-51-55(52-48-44-40-36-32-28-24-20-18-16-14-12-10-8-6-4-2)53-49-45-41-37-33-29-25-21-22-26-30-34-38-42-46-50-54-58-59(56)57/h47-48,51-52,56-57H,3-46,49-50,53-54H2,1-2H3. The summed E-state index contributed by atoms with van der Waals surface area (Å²) in [4.78, 5) is 20.0. The minimum Gasteiger partial charge on any atom is -0.355 e. The lowest BCUT2D eigenvalue weighted by molar-refractivity contribution is 0.248. The molecule has 4 nitrogen and oxygen atoms in total. The largest absolute Gasteiger partial charge is 0.355 e. The zero-order chi connectivity index (χ0) is 42.6. The highest BCUT2D eigenvalue weighted by atomic mass is 31.2. The van der Waals surface area contributed by atoms with Gasteiger partial charge >= 0.3 is 8.60 Å². The molecule has 2 N–H and O–H groups in total. The van der Waals surface area contributed by atoms with Crippen LogP contribution in [0.15, 0.2) is 24.6 Å². The maximum absolute atomic E-state index is 8.76. The Morgan fingerprint density at radius 3 is 0.831 bits per heavy atom. The molecule has 0 aliphatic carbocycles. The fourth-order valence-corrected chi connectivity index (χ4v) is 8.84. The third-order valence-corrected chi connectivity index (χ3v) is 13.0. The van der Waals surface area contributed by atoms with Crippen LogP contribution >= 0.6 is 8.60 Å². The normalized spacial score (nSPS) is 12.0. The summed E-state index contributed by atoms with van der Waals surface area (Å²) in [6, 6.07) is 0. The molecular formula is C54H108NO3P. The van der Waals surface area contributed by atoms with Crippen molar-refractivity contribution in [3.8, 4) is 0 Å². The van der Waals surface area contributed by atoms with Crippen molar-refractivity contribution in [3.63, 3.8) is 0 Å². The third kappa shape index (κ3) is 53.7. The molecular weight excluding hydrogens is 742 g/mol. The lowest BCUT2D eigenvalue weighted by Crippen LogP contribution is -2.11. The van der Waals surface area contributed by atoms with Crippen molar-refractivity contribution in [1.82, 2.24) is 4.90 Å². The van der Waals surface area contributed by atoms with E-state index >= 15 is 0 Å². The van der Waals surface area contributed by atoms with Gasteiger partial charge in [-0.15, -0.1) is 0 Å². The van der Waals surface area contributed by atoms with Crippen LogP contribution in [0, 0.1) is 0 Å². The Hall–Kier alpha value is -0.410. The van der Waals surface area contributed by atoms with Crippen LogP contribution in [0.3, 0.4) is 0 Å². The van der Waals surface area contributed by atoms with E-state index in [2.05, 4.69) is 43.3 Å². The molecule has 0 aliphatic heterocycles. The van der Waals surface area contributed by atoms with Crippen LogP contribution in [0.4, 0.5) is 0 Å². The molecule has 5 heteroatoms. The van der Waals surface area contributed by atoms with Crippen molar-refractivity contribution in [1.29, 1.82) is 0 Å². The molecule has 0 atom stereocenters. The summed E-state index contributed by atoms with van der Waals surface area (Å²) < 4.78 is 4.83. The fraction of sp³-hybridized carbons (Fsp3) is 0.926. The van der Waals surface area contributed by atoms with Gasteiger partial charge in [0.05, 0.1) is 6.61 Å². The quantitative estimate of drug-likeness (QED) is 0.0473. The van der Waals surface area contributed by atoms with Gasteiger partial charge in [-0.3, -0.25) is 0 Å². The van der Waals surface area contributed by atoms with Gasteiger partial charge in [0.2, 0.25) is 0 Å². The number of rotatable bonds is 52. The third-order valence-electron chi connectivity index (χ3n) is 12.6. The first-order valence-electron chi connectivity index (χ1n) is 27.1. The van der Waals surface area contributed by atoms with E-state index in [9.17, 15) is 0 Å². The molecule has 0 amide bonds. The van der Waals surface area contributed by atoms with Crippen LogP contribution in [-0.4, -0.2) is 27.8 Å². The van der Waals surface area contributed by atoms with Gasteiger partial charge in [0.1, 0.15) is 0 Å². The Labute approximate surface area is 373 Å². The van der Waals surface area contributed by atoms with Crippen molar-refractivity contribution in [2.45, 2.75) is 309 Å². The van der Waals surface area contributed by atoms with E-state index in [0.29, 0.717) is 6.61 Å². The highest BCUT2D eigenvalue weighted by Gasteiger charge is 2.01. The monoisotopic (exact) mass is 850 g/mol. The zero-order valence-corrected chi connectivity index (χ0v) is 41.3. The summed E-state index contributed by atoms with van der Waals surface area (Å²) in [6.07, 6.45) is 73.6. The molecule has 0 unspecified atom stereocenters. The van der Waals surface area contributed by atoms with Gasteiger partial charge in [-0.05, 0) is 50.9 Å². The smallest absolute Gasteiger partial charge is 0.327 e. The van der Waals surface area contributed by atoms with Crippen molar-refractivity contribution >= 4 is 8.60 Å². The van der Waals surface area contributed by atoms with Gasteiger partial charge in [-0.25, -0.2) is 0 Å². The Bertz CT molecular complexity index is 762. The minimum absolute atomic E-state index is 0.478. The van der Waals surface area contributed by atoms with Crippen molar-refractivity contribution < 1.29 is 14.3 Å². The van der Waals surface area contributed by atoms with Crippen LogP contribution in [0.1, 0.15) is 309 Å². The van der Waals surface area contributed by atoms with Gasteiger partial charge in [0, 0.05) is 6.54 Å². The molecule has 0 aromatic rings.